The SMILES string of the molecule is c1ccc2c(c1)-c1ccccc1C21c2ccccc2-c2c1c(-c1c3cccc(-c4ccc5c(c4)oc4ccccc45)c3cc3c(-c4ccc5c(c4)oc4ccccc45)cccc13)cc1ccccc21. The van der Waals surface area contributed by atoms with Gasteiger partial charge >= 0.3 is 0 Å². The minimum Gasteiger partial charge on any atom is -0.456 e. The van der Waals surface area contributed by atoms with Gasteiger partial charge in [0.05, 0.1) is 5.41 Å². The summed E-state index contributed by atoms with van der Waals surface area (Å²) >= 11 is 0. The van der Waals surface area contributed by atoms with Crippen molar-refractivity contribution in [2.75, 3.05) is 0 Å². The van der Waals surface area contributed by atoms with Crippen LogP contribution < -0.4 is 0 Å². The third-order valence-corrected chi connectivity index (χ3v) is 15.7. The molecule has 0 amide bonds. The number of hydrogen-bond donors (Lipinski definition) is 0. The quantitative estimate of drug-likeness (QED) is 0.165. The van der Waals surface area contributed by atoms with E-state index in [9.17, 15) is 0 Å². The highest BCUT2D eigenvalue weighted by atomic mass is 16.3. The monoisotopic (exact) mass is 874 g/mol. The first-order valence-corrected chi connectivity index (χ1v) is 23.9. The Labute approximate surface area is 396 Å². The zero-order valence-corrected chi connectivity index (χ0v) is 37.3. The van der Waals surface area contributed by atoms with E-state index in [1.54, 1.807) is 0 Å². The lowest BCUT2D eigenvalue weighted by Crippen LogP contribution is -2.26. The van der Waals surface area contributed by atoms with E-state index in [0.717, 1.165) is 66.1 Å². The molecule has 0 aliphatic heterocycles. The van der Waals surface area contributed by atoms with E-state index in [0.29, 0.717) is 0 Å². The van der Waals surface area contributed by atoms with Crippen molar-refractivity contribution in [2.24, 2.45) is 0 Å². The second-order valence-corrected chi connectivity index (χ2v) is 19.0. The molecule has 14 aromatic rings. The minimum atomic E-state index is -0.569. The lowest BCUT2D eigenvalue weighted by Gasteiger charge is -2.33. The Hall–Kier alpha value is -8.98. The molecule has 0 saturated heterocycles. The zero-order valence-electron chi connectivity index (χ0n) is 37.3. The van der Waals surface area contributed by atoms with Crippen LogP contribution in [0.2, 0.25) is 0 Å². The third-order valence-electron chi connectivity index (χ3n) is 15.7. The van der Waals surface area contributed by atoms with Gasteiger partial charge in [-0.15, -0.1) is 0 Å². The highest BCUT2D eigenvalue weighted by Gasteiger charge is 2.53. The number of fused-ring (bicyclic) bond motifs is 20. The summed E-state index contributed by atoms with van der Waals surface area (Å²) in [5.74, 6) is 0. The van der Waals surface area contributed by atoms with Gasteiger partial charge in [-0.25, -0.2) is 0 Å². The maximum absolute atomic E-state index is 6.55. The van der Waals surface area contributed by atoms with Crippen LogP contribution in [0.3, 0.4) is 0 Å². The fourth-order valence-electron chi connectivity index (χ4n) is 12.9. The molecule has 318 valence electrons. The average molecular weight is 875 g/mol. The summed E-state index contributed by atoms with van der Waals surface area (Å²) in [6, 6.07) is 85.5. The lowest BCUT2D eigenvalue weighted by molar-refractivity contribution is 0.668. The molecule has 2 aromatic heterocycles. The summed E-state index contributed by atoms with van der Waals surface area (Å²) in [7, 11) is 0. The number of hydrogen-bond acceptors (Lipinski definition) is 2. The highest BCUT2D eigenvalue weighted by molar-refractivity contribution is 6.22. The second kappa shape index (κ2) is 13.6. The minimum absolute atomic E-state index is 0.569. The summed E-state index contributed by atoms with van der Waals surface area (Å²) < 4.78 is 13.1. The Bertz CT molecular complexity index is 4340. The first kappa shape index (κ1) is 37.1. The molecule has 0 saturated carbocycles. The summed E-state index contributed by atoms with van der Waals surface area (Å²) in [6.07, 6.45) is 0. The van der Waals surface area contributed by atoms with Crippen LogP contribution >= 0.6 is 0 Å². The molecule has 2 heteroatoms. The van der Waals surface area contributed by atoms with E-state index < -0.39 is 5.41 Å². The van der Waals surface area contributed by atoms with Gasteiger partial charge in [-0.1, -0.05) is 182 Å². The zero-order chi connectivity index (χ0) is 45.0. The van der Waals surface area contributed by atoms with Gasteiger partial charge in [0.15, 0.2) is 0 Å². The first-order chi connectivity index (χ1) is 34.2. The second-order valence-electron chi connectivity index (χ2n) is 19.0. The summed E-state index contributed by atoms with van der Waals surface area (Å²) in [6.45, 7) is 0. The number of rotatable bonds is 3. The maximum Gasteiger partial charge on any atom is 0.136 e. The van der Waals surface area contributed by atoms with Crippen molar-refractivity contribution in [3.8, 4) is 55.6 Å². The van der Waals surface area contributed by atoms with E-state index in [2.05, 4.69) is 218 Å². The Morgan fingerprint density at radius 1 is 0.246 bits per heavy atom. The van der Waals surface area contributed by atoms with Crippen molar-refractivity contribution in [1.29, 1.82) is 0 Å². The standard InChI is InChI=1S/C67H38O2/c1-2-16-44-39(15-1)35-56(66-65(44)53-21-5-10-28-59(53)67(66)57-26-8-3-17-45(57)46-18-4-9-27-58(46)67)64-51-24-13-22-42(40-31-33-49-47-19-6-11-29-60(47)68-62(49)36-40)54(51)38-55-43(23-14-25-52(55)64)41-32-34-50-48-20-7-12-30-61(48)69-63(50)37-41/h1-38H. The van der Waals surface area contributed by atoms with Crippen LogP contribution in [0.4, 0.5) is 0 Å². The third kappa shape index (κ3) is 4.84. The molecule has 2 heterocycles. The first-order valence-electron chi connectivity index (χ1n) is 23.9. The van der Waals surface area contributed by atoms with Gasteiger partial charge < -0.3 is 8.83 Å². The highest BCUT2D eigenvalue weighted by Crippen LogP contribution is 2.66. The average Bonchev–Trinajstić information content (AvgIpc) is 4.15. The van der Waals surface area contributed by atoms with Crippen molar-refractivity contribution in [2.45, 2.75) is 5.41 Å². The molecule has 12 aromatic carbocycles. The molecule has 0 atom stereocenters. The van der Waals surface area contributed by atoms with Gasteiger partial charge in [0.1, 0.15) is 22.3 Å². The van der Waals surface area contributed by atoms with Gasteiger partial charge in [0, 0.05) is 21.5 Å². The van der Waals surface area contributed by atoms with Crippen LogP contribution in [0.15, 0.2) is 239 Å². The smallest absolute Gasteiger partial charge is 0.136 e. The Morgan fingerprint density at radius 2 is 0.681 bits per heavy atom. The Morgan fingerprint density at radius 3 is 1.26 bits per heavy atom. The fraction of sp³-hybridized carbons (Fsp3) is 0.0149. The summed E-state index contributed by atoms with van der Waals surface area (Å²) in [4.78, 5) is 0. The molecular formula is C67H38O2. The van der Waals surface area contributed by atoms with Crippen LogP contribution in [0, 0.1) is 0 Å². The Balaban J connectivity index is 1.07. The molecule has 0 unspecified atom stereocenters. The molecule has 0 fully saturated rings. The lowest BCUT2D eigenvalue weighted by atomic mass is 9.68. The predicted octanol–water partition coefficient (Wildman–Crippen LogP) is 18.3. The summed E-state index contributed by atoms with van der Waals surface area (Å²) in [5, 5.41) is 11.8. The van der Waals surface area contributed by atoms with Crippen molar-refractivity contribution >= 4 is 76.2 Å². The van der Waals surface area contributed by atoms with Gasteiger partial charge in [-0.2, -0.15) is 0 Å². The summed E-state index contributed by atoms with van der Waals surface area (Å²) in [5.41, 5.74) is 20.6. The van der Waals surface area contributed by atoms with Crippen LogP contribution in [-0.2, 0) is 5.41 Å². The largest absolute Gasteiger partial charge is 0.456 e. The van der Waals surface area contributed by atoms with Crippen molar-refractivity contribution in [3.05, 3.63) is 253 Å². The number of furan rings is 2. The van der Waals surface area contributed by atoms with E-state index in [-0.39, 0.29) is 0 Å². The number of para-hydroxylation sites is 2. The Kier molecular flexibility index (Phi) is 7.30. The van der Waals surface area contributed by atoms with E-state index in [1.807, 2.05) is 12.1 Å². The molecule has 2 aliphatic carbocycles. The molecule has 1 spiro atoms. The van der Waals surface area contributed by atoms with Gasteiger partial charge in [0.25, 0.3) is 0 Å². The molecule has 2 nitrogen and oxygen atoms in total. The number of benzene rings is 12. The van der Waals surface area contributed by atoms with Crippen LogP contribution in [0.5, 0.6) is 0 Å². The maximum atomic E-state index is 6.55. The predicted molar refractivity (Wildman–Crippen MR) is 286 cm³/mol. The molecule has 0 radical (unpaired) electrons. The van der Waals surface area contributed by atoms with Crippen molar-refractivity contribution in [3.63, 3.8) is 0 Å². The molecular weight excluding hydrogens is 837 g/mol. The fourth-order valence-corrected chi connectivity index (χ4v) is 12.9. The van der Waals surface area contributed by atoms with Gasteiger partial charge in [0.2, 0.25) is 0 Å². The van der Waals surface area contributed by atoms with E-state index >= 15 is 0 Å². The van der Waals surface area contributed by atoms with Gasteiger partial charge in [-0.3, -0.25) is 0 Å². The van der Waals surface area contributed by atoms with Crippen LogP contribution in [-0.4, -0.2) is 0 Å². The molecule has 69 heavy (non-hydrogen) atoms. The van der Waals surface area contributed by atoms with E-state index in [1.165, 1.54) is 88.0 Å². The van der Waals surface area contributed by atoms with Crippen LogP contribution in [0.1, 0.15) is 22.3 Å². The van der Waals surface area contributed by atoms with Crippen LogP contribution in [0.25, 0.3) is 132 Å². The van der Waals surface area contributed by atoms with Gasteiger partial charge in [-0.05, 0) is 159 Å². The molecule has 0 N–H and O–H groups in total. The van der Waals surface area contributed by atoms with Crippen molar-refractivity contribution in [1.82, 2.24) is 0 Å². The normalized spacial score (nSPS) is 13.3. The van der Waals surface area contributed by atoms with E-state index in [4.69, 9.17) is 8.83 Å². The molecule has 2 aliphatic rings. The van der Waals surface area contributed by atoms with Crippen molar-refractivity contribution < 1.29 is 8.83 Å². The molecule has 0 bridgehead atoms. The molecule has 16 rings (SSSR count). The topological polar surface area (TPSA) is 26.3 Å².